The molecule has 0 spiro atoms. The first-order valence-corrected chi connectivity index (χ1v) is 6.33. The van der Waals surface area contributed by atoms with Gasteiger partial charge >= 0.3 is 0 Å². The number of hydrogen-bond donors (Lipinski definition) is 2. The number of para-hydroxylation sites is 1. The minimum absolute atomic E-state index is 0.175. The third-order valence-electron chi connectivity index (χ3n) is 3.14. The zero-order valence-corrected chi connectivity index (χ0v) is 10.7. The fourth-order valence-electron chi connectivity index (χ4n) is 2.08. The summed E-state index contributed by atoms with van der Waals surface area (Å²) < 4.78 is 12.8. The first-order valence-electron chi connectivity index (χ1n) is 6.33. The van der Waals surface area contributed by atoms with E-state index in [1.807, 2.05) is 30.3 Å². The molecule has 1 heterocycles. The number of carbonyl (C=O) groups excluding carboxylic acids is 1. The Bertz CT molecular complexity index is 714. The van der Waals surface area contributed by atoms with Gasteiger partial charge in [0.1, 0.15) is 11.5 Å². The Hall–Kier alpha value is -2.62. The van der Waals surface area contributed by atoms with E-state index in [1.165, 1.54) is 12.1 Å². The lowest BCUT2D eigenvalue weighted by Crippen LogP contribution is -2.23. The van der Waals surface area contributed by atoms with Gasteiger partial charge in [0.25, 0.3) is 5.91 Å². The Morgan fingerprint density at radius 2 is 1.85 bits per heavy atom. The average Bonchev–Trinajstić information content (AvgIpc) is 2.90. The quantitative estimate of drug-likeness (QED) is 0.752. The van der Waals surface area contributed by atoms with Gasteiger partial charge in [-0.1, -0.05) is 30.3 Å². The maximum atomic E-state index is 12.8. The van der Waals surface area contributed by atoms with E-state index in [9.17, 15) is 9.18 Å². The molecule has 20 heavy (non-hydrogen) atoms. The number of amides is 1. The minimum Gasteiger partial charge on any atom is -0.351 e. The van der Waals surface area contributed by atoms with E-state index in [2.05, 4.69) is 10.3 Å². The van der Waals surface area contributed by atoms with Crippen LogP contribution in [0.3, 0.4) is 0 Å². The number of hydrogen-bond acceptors (Lipinski definition) is 1. The van der Waals surface area contributed by atoms with Crippen LogP contribution in [0.25, 0.3) is 10.9 Å². The summed E-state index contributed by atoms with van der Waals surface area (Å²) in [6.07, 6.45) is 0. The summed E-state index contributed by atoms with van der Waals surface area (Å²) in [5.41, 5.74) is 2.31. The van der Waals surface area contributed by atoms with Gasteiger partial charge < -0.3 is 10.3 Å². The van der Waals surface area contributed by atoms with Crippen molar-refractivity contribution in [1.29, 1.82) is 0 Å². The van der Waals surface area contributed by atoms with E-state index < -0.39 is 0 Å². The van der Waals surface area contributed by atoms with Crippen LogP contribution in [0, 0.1) is 5.82 Å². The maximum absolute atomic E-state index is 12.8. The number of fused-ring (bicyclic) bond motifs is 1. The molecule has 1 amide bonds. The Morgan fingerprint density at radius 3 is 2.60 bits per heavy atom. The lowest BCUT2D eigenvalue weighted by atomic mass is 10.2. The fourth-order valence-corrected chi connectivity index (χ4v) is 2.08. The van der Waals surface area contributed by atoms with Gasteiger partial charge in [0.2, 0.25) is 0 Å². The molecule has 0 aliphatic carbocycles. The van der Waals surface area contributed by atoms with E-state index in [1.54, 1.807) is 12.1 Å². The van der Waals surface area contributed by atoms with Crippen molar-refractivity contribution in [2.45, 2.75) is 6.54 Å². The first kappa shape index (κ1) is 12.4. The molecule has 100 valence electrons. The van der Waals surface area contributed by atoms with Crippen molar-refractivity contribution in [3.63, 3.8) is 0 Å². The number of benzene rings is 2. The molecule has 3 nitrogen and oxygen atoms in total. The second kappa shape index (κ2) is 5.17. The molecular weight excluding hydrogens is 255 g/mol. The van der Waals surface area contributed by atoms with Gasteiger partial charge in [-0.05, 0) is 29.8 Å². The molecule has 0 atom stereocenters. The average molecular weight is 268 g/mol. The van der Waals surface area contributed by atoms with Crippen molar-refractivity contribution in [2.75, 3.05) is 0 Å². The topological polar surface area (TPSA) is 44.9 Å². The number of rotatable bonds is 3. The summed E-state index contributed by atoms with van der Waals surface area (Å²) in [4.78, 5) is 15.1. The van der Waals surface area contributed by atoms with Crippen molar-refractivity contribution in [3.05, 3.63) is 71.7 Å². The van der Waals surface area contributed by atoms with Crippen molar-refractivity contribution >= 4 is 16.8 Å². The maximum Gasteiger partial charge on any atom is 0.267 e. The number of nitrogens with one attached hydrogen (secondary N) is 2. The number of aromatic nitrogens is 1. The molecular formula is C16H13FN2O. The van der Waals surface area contributed by atoms with E-state index in [-0.39, 0.29) is 11.7 Å². The highest BCUT2D eigenvalue weighted by Crippen LogP contribution is 2.14. The molecule has 0 aliphatic heterocycles. The predicted molar refractivity (Wildman–Crippen MR) is 75.9 cm³/mol. The summed E-state index contributed by atoms with van der Waals surface area (Å²) in [5, 5.41) is 3.80. The molecule has 0 fully saturated rings. The standard InChI is InChI=1S/C16H13FN2O/c17-13-7-5-11(6-8-13)10-18-16(20)15-9-12-3-1-2-4-14(12)19-15/h1-9,19H,10H2,(H,18,20). The second-order valence-corrected chi connectivity index (χ2v) is 4.58. The summed E-state index contributed by atoms with van der Waals surface area (Å²) in [6.45, 7) is 0.370. The molecule has 0 saturated heterocycles. The first-order chi connectivity index (χ1) is 9.72. The zero-order valence-electron chi connectivity index (χ0n) is 10.7. The number of aromatic amines is 1. The molecule has 0 radical (unpaired) electrons. The van der Waals surface area contributed by atoms with Crippen molar-refractivity contribution < 1.29 is 9.18 Å². The molecule has 0 unspecified atom stereocenters. The van der Waals surface area contributed by atoms with Crippen LogP contribution in [0.2, 0.25) is 0 Å². The summed E-state index contributed by atoms with van der Waals surface area (Å²) >= 11 is 0. The molecule has 0 saturated carbocycles. The van der Waals surface area contributed by atoms with Crippen LogP contribution in [0.4, 0.5) is 4.39 Å². The van der Waals surface area contributed by atoms with Gasteiger partial charge in [-0.2, -0.15) is 0 Å². The molecule has 0 bridgehead atoms. The van der Waals surface area contributed by atoms with Crippen molar-refractivity contribution in [1.82, 2.24) is 10.3 Å². The monoisotopic (exact) mass is 268 g/mol. The Labute approximate surface area is 115 Å². The van der Waals surface area contributed by atoms with E-state index in [4.69, 9.17) is 0 Å². The van der Waals surface area contributed by atoms with Crippen LogP contribution in [0.1, 0.15) is 16.1 Å². The highest BCUT2D eigenvalue weighted by molar-refractivity contribution is 5.97. The normalized spacial score (nSPS) is 10.7. The smallest absolute Gasteiger partial charge is 0.267 e. The summed E-state index contributed by atoms with van der Waals surface area (Å²) in [5.74, 6) is -0.457. The fraction of sp³-hybridized carbons (Fsp3) is 0.0625. The molecule has 3 aromatic rings. The molecule has 1 aromatic heterocycles. The Balaban J connectivity index is 1.71. The molecule has 0 aliphatic rings. The molecule has 4 heteroatoms. The zero-order chi connectivity index (χ0) is 13.9. The lowest BCUT2D eigenvalue weighted by Gasteiger charge is -2.03. The van der Waals surface area contributed by atoms with Gasteiger partial charge in [-0.25, -0.2) is 4.39 Å². The molecule has 3 rings (SSSR count). The molecule has 2 aromatic carbocycles. The molecule has 2 N–H and O–H groups in total. The summed E-state index contributed by atoms with van der Waals surface area (Å²) in [6, 6.07) is 15.6. The second-order valence-electron chi connectivity index (χ2n) is 4.58. The van der Waals surface area contributed by atoms with Gasteiger partial charge in [-0.3, -0.25) is 4.79 Å². The van der Waals surface area contributed by atoms with E-state index in [0.29, 0.717) is 12.2 Å². The van der Waals surface area contributed by atoms with Crippen LogP contribution in [0.15, 0.2) is 54.6 Å². The predicted octanol–water partition coefficient (Wildman–Crippen LogP) is 3.24. The number of halogens is 1. The van der Waals surface area contributed by atoms with Gasteiger partial charge in [0.15, 0.2) is 0 Å². The van der Waals surface area contributed by atoms with Gasteiger partial charge in [-0.15, -0.1) is 0 Å². The Morgan fingerprint density at radius 1 is 1.10 bits per heavy atom. The van der Waals surface area contributed by atoms with E-state index >= 15 is 0 Å². The van der Waals surface area contributed by atoms with Crippen LogP contribution in [-0.4, -0.2) is 10.9 Å². The third kappa shape index (κ3) is 2.54. The number of carbonyl (C=O) groups is 1. The minimum atomic E-state index is -0.282. The highest BCUT2D eigenvalue weighted by atomic mass is 19.1. The van der Waals surface area contributed by atoms with Crippen molar-refractivity contribution in [2.24, 2.45) is 0 Å². The van der Waals surface area contributed by atoms with Gasteiger partial charge in [0, 0.05) is 17.4 Å². The number of H-pyrrole nitrogens is 1. The Kier molecular flexibility index (Phi) is 3.21. The summed E-state index contributed by atoms with van der Waals surface area (Å²) in [7, 11) is 0. The van der Waals surface area contributed by atoms with Crippen LogP contribution >= 0.6 is 0 Å². The van der Waals surface area contributed by atoms with Crippen LogP contribution < -0.4 is 5.32 Å². The highest BCUT2D eigenvalue weighted by Gasteiger charge is 2.08. The lowest BCUT2D eigenvalue weighted by molar-refractivity contribution is 0.0947. The largest absolute Gasteiger partial charge is 0.351 e. The van der Waals surface area contributed by atoms with Crippen LogP contribution in [0.5, 0.6) is 0 Å². The van der Waals surface area contributed by atoms with Gasteiger partial charge in [0.05, 0.1) is 0 Å². The van der Waals surface area contributed by atoms with Crippen molar-refractivity contribution in [3.8, 4) is 0 Å². The van der Waals surface area contributed by atoms with E-state index in [0.717, 1.165) is 16.5 Å². The third-order valence-corrected chi connectivity index (χ3v) is 3.14. The van der Waals surface area contributed by atoms with Crippen LogP contribution in [-0.2, 0) is 6.54 Å². The SMILES string of the molecule is O=C(NCc1ccc(F)cc1)c1cc2ccccc2[nH]1.